The molecule has 0 saturated carbocycles. The molecule has 0 atom stereocenters. The van der Waals surface area contributed by atoms with Crippen molar-refractivity contribution in [3.05, 3.63) is 53.6 Å². The first-order valence-corrected chi connectivity index (χ1v) is 7.17. The predicted molar refractivity (Wildman–Crippen MR) is 85.0 cm³/mol. The Bertz CT molecular complexity index is 664. The molecule has 21 heavy (non-hydrogen) atoms. The van der Waals surface area contributed by atoms with Crippen LogP contribution in [0.15, 0.2) is 43.0 Å². The SMILES string of the molecule is C=CC(=O)OCCOc1c(CC)cc(Cl)c2ccccc12. The topological polar surface area (TPSA) is 35.5 Å². The zero-order valence-corrected chi connectivity index (χ0v) is 12.7. The molecule has 110 valence electrons. The maximum atomic E-state index is 11.0. The number of carbonyl (C=O) groups excluding carboxylic acids is 1. The lowest BCUT2D eigenvalue weighted by atomic mass is 10.0. The molecule has 0 aromatic heterocycles. The summed E-state index contributed by atoms with van der Waals surface area (Å²) in [6.45, 7) is 5.87. The third kappa shape index (κ3) is 3.56. The van der Waals surface area contributed by atoms with E-state index in [1.807, 2.05) is 37.3 Å². The smallest absolute Gasteiger partial charge is 0.330 e. The number of rotatable bonds is 6. The molecule has 0 radical (unpaired) electrons. The van der Waals surface area contributed by atoms with Gasteiger partial charge in [0.2, 0.25) is 0 Å². The molecule has 0 aliphatic rings. The van der Waals surface area contributed by atoms with Crippen molar-refractivity contribution in [3.63, 3.8) is 0 Å². The van der Waals surface area contributed by atoms with E-state index in [0.29, 0.717) is 5.02 Å². The van der Waals surface area contributed by atoms with E-state index in [4.69, 9.17) is 21.1 Å². The number of esters is 1. The second-order valence-electron chi connectivity index (χ2n) is 4.47. The maximum Gasteiger partial charge on any atom is 0.330 e. The van der Waals surface area contributed by atoms with Gasteiger partial charge in [0.05, 0.1) is 0 Å². The summed E-state index contributed by atoms with van der Waals surface area (Å²) < 4.78 is 10.7. The number of halogens is 1. The molecule has 2 aromatic rings. The summed E-state index contributed by atoms with van der Waals surface area (Å²) in [7, 11) is 0. The third-order valence-electron chi connectivity index (χ3n) is 3.14. The van der Waals surface area contributed by atoms with Gasteiger partial charge in [-0.1, -0.05) is 49.4 Å². The van der Waals surface area contributed by atoms with Crippen LogP contribution in [0.4, 0.5) is 0 Å². The molecule has 0 aliphatic carbocycles. The van der Waals surface area contributed by atoms with Gasteiger partial charge in [0, 0.05) is 21.9 Å². The van der Waals surface area contributed by atoms with Crippen molar-refractivity contribution < 1.29 is 14.3 Å². The van der Waals surface area contributed by atoms with E-state index < -0.39 is 5.97 Å². The lowest BCUT2D eigenvalue weighted by molar-refractivity contribution is -0.138. The van der Waals surface area contributed by atoms with Crippen LogP contribution in [0.25, 0.3) is 10.8 Å². The Morgan fingerprint density at radius 2 is 2.00 bits per heavy atom. The van der Waals surface area contributed by atoms with Crippen molar-refractivity contribution in [2.75, 3.05) is 13.2 Å². The molecule has 0 spiro atoms. The summed E-state index contributed by atoms with van der Waals surface area (Å²) in [4.78, 5) is 11.0. The number of carbonyl (C=O) groups is 1. The largest absolute Gasteiger partial charge is 0.489 e. The second kappa shape index (κ2) is 7.14. The summed E-state index contributed by atoms with van der Waals surface area (Å²) in [6.07, 6.45) is 1.95. The highest BCUT2D eigenvalue weighted by molar-refractivity contribution is 6.35. The number of fused-ring (bicyclic) bond motifs is 1. The lowest BCUT2D eigenvalue weighted by Gasteiger charge is -2.14. The van der Waals surface area contributed by atoms with E-state index in [-0.39, 0.29) is 13.2 Å². The zero-order chi connectivity index (χ0) is 15.2. The van der Waals surface area contributed by atoms with Crippen molar-refractivity contribution >= 4 is 28.3 Å². The molecule has 0 fully saturated rings. The minimum Gasteiger partial charge on any atom is -0.489 e. The van der Waals surface area contributed by atoms with Gasteiger partial charge in [-0.15, -0.1) is 0 Å². The Morgan fingerprint density at radius 1 is 1.29 bits per heavy atom. The number of hydrogen-bond acceptors (Lipinski definition) is 3. The lowest BCUT2D eigenvalue weighted by Crippen LogP contribution is -2.11. The standard InChI is InChI=1S/C17H17ClO3/c1-3-12-11-15(18)13-7-5-6-8-14(13)17(12)21-10-9-20-16(19)4-2/h4-8,11H,2-3,9-10H2,1H3. The quantitative estimate of drug-likeness (QED) is 0.456. The van der Waals surface area contributed by atoms with Crippen LogP contribution in [0, 0.1) is 0 Å². The number of ether oxygens (including phenoxy) is 2. The fraction of sp³-hybridized carbons (Fsp3) is 0.235. The molecule has 0 amide bonds. The van der Waals surface area contributed by atoms with Crippen molar-refractivity contribution in [3.8, 4) is 5.75 Å². The fourth-order valence-electron chi connectivity index (χ4n) is 2.14. The minimum absolute atomic E-state index is 0.185. The fourth-order valence-corrected chi connectivity index (χ4v) is 2.43. The monoisotopic (exact) mass is 304 g/mol. The molecule has 3 nitrogen and oxygen atoms in total. The number of aryl methyl sites for hydroxylation is 1. The minimum atomic E-state index is -0.449. The molecular weight excluding hydrogens is 288 g/mol. The Morgan fingerprint density at radius 3 is 2.67 bits per heavy atom. The Labute approximate surface area is 129 Å². The molecule has 0 aliphatic heterocycles. The van der Waals surface area contributed by atoms with E-state index >= 15 is 0 Å². The van der Waals surface area contributed by atoms with Crippen LogP contribution in [0.1, 0.15) is 12.5 Å². The highest BCUT2D eigenvalue weighted by atomic mass is 35.5. The zero-order valence-electron chi connectivity index (χ0n) is 11.9. The van der Waals surface area contributed by atoms with Gasteiger partial charge in [0.15, 0.2) is 0 Å². The van der Waals surface area contributed by atoms with Gasteiger partial charge in [0.25, 0.3) is 0 Å². The van der Waals surface area contributed by atoms with Crippen LogP contribution >= 0.6 is 11.6 Å². The van der Waals surface area contributed by atoms with E-state index in [1.165, 1.54) is 0 Å². The predicted octanol–water partition coefficient (Wildman–Crippen LogP) is 4.16. The number of hydrogen-bond donors (Lipinski definition) is 0. The van der Waals surface area contributed by atoms with Crippen LogP contribution in [0.2, 0.25) is 5.02 Å². The van der Waals surface area contributed by atoms with Crippen molar-refractivity contribution in [2.24, 2.45) is 0 Å². The highest BCUT2D eigenvalue weighted by Gasteiger charge is 2.11. The molecule has 2 aromatic carbocycles. The highest BCUT2D eigenvalue weighted by Crippen LogP contribution is 2.35. The van der Waals surface area contributed by atoms with E-state index in [0.717, 1.165) is 34.6 Å². The van der Waals surface area contributed by atoms with Crippen LogP contribution in [0.5, 0.6) is 5.75 Å². The van der Waals surface area contributed by atoms with Gasteiger partial charge in [-0.3, -0.25) is 0 Å². The van der Waals surface area contributed by atoms with Gasteiger partial charge in [0.1, 0.15) is 19.0 Å². The molecular formula is C17H17ClO3. The van der Waals surface area contributed by atoms with E-state index in [2.05, 4.69) is 6.58 Å². The average Bonchev–Trinajstić information content (AvgIpc) is 2.52. The molecule has 0 unspecified atom stereocenters. The van der Waals surface area contributed by atoms with E-state index in [9.17, 15) is 4.79 Å². The molecule has 2 rings (SSSR count). The van der Waals surface area contributed by atoms with Crippen molar-refractivity contribution in [2.45, 2.75) is 13.3 Å². The number of benzene rings is 2. The summed E-state index contributed by atoms with van der Waals surface area (Å²) >= 11 is 6.30. The van der Waals surface area contributed by atoms with Gasteiger partial charge >= 0.3 is 5.97 Å². The maximum absolute atomic E-state index is 11.0. The van der Waals surface area contributed by atoms with Crippen molar-refractivity contribution in [1.29, 1.82) is 0 Å². The Balaban J connectivity index is 2.23. The summed E-state index contributed by atoms with van der Waals surface area (Å²) in [5.74, 6) is 0.349. The van der Waals surface area contributed by atoms with Crippen LogP contribution in [0.3, 0.4) is 0 Å². The van der Waals surface area contributed by atoms with Crippen LogP contribution < -0.4 is 4.74 Å². The summed E-state index contributed by atoms with van der Waals surface area (Å²) in [6, 6.07) is 9.75. The normalized spacial score (nSPS) is 10.4. The van der Waals surface area contributed by atoms with Gasteiger partial charge in [-0.25, -0.2) is 4.79 Å². The van der Waals surface area contributed by atoms with Gasteiger partial charge in [-0.05, 0) is 18.1 Å². The third-order valence-corrected chi connectivity index (χ3v) is 3.46. The first-order valence-electron chi connectivity index (χ1n) is 6.79. The van der Waals surface area contributed by atoms with Crippen LogP contribution in [-0.4, -0.2) is 19.2 Å². The molecule has 0 saturated heterocycles. The first kappa shape index (κ1) is 15.4. The summed E-state index contributed by atoms with van der Waals surface area (Å²) in [5.41, 5.74) is 1.04. The average molecular weight is 305 g/mol. The van der Waals surface area contributed by atoms with E-state index in [1.54, 1.807) is 0 Å². The summed E-state index contributed by atoms with van der Waals surface area (Å²) in [5, 5.41) is 2.64. The Kier molecular flexibility index (Phi) is 5.23. The first-order chi connectivity index (χ1) is 10.2. The van der Waals surface area contributed by atoms with Gasteiger partial charge < -0.3 is 9.47 Å². The van der Waals surface area contributed by atoms with Crippen LogP contribution in [-0.2, 0) is 16.0 Å². The Hall–Kier alpha value is -2.00. The van der Waals surface area contributed by atoms with Crippen molar-refractivity contribution in [1.82, 2.24) is 0 Å². The second-order valence-corrected chi connectivity index (χ2v) is 4.87. The van der Waals surface area contributed by atoms with Gasteiger partial charge in [-0.2, -0.15) is 0 Å². The molecule has 4 heteroatoms. The molecule has 0 heterocycles. The molecule has 0 bridgehead atoms. The molecule has 0 N–H and O–H groups in total.